The van der Waals surface area contributed by atoms with Gasteiger partial charge in [0, 0.05) is 22.4 Å². The van der Waals surface area contributed by atoms with Crippen molar-refractivity contribution < 1.29 is 13.7 Å². The number of hydrogen-bond donors (Lipinski definition) is 2. The Kier molecular flexibility index (Phi) is 5.48. The number of ether oxygens (including phenoxy) is 1. The molecule has 116 valence electrons. The number of carbonyl (C=O) groups excluding carboxylic acids is 1. The molecule has 1 aromatic carbocycles. The molecule has 1 amide bonds. The lowest BCUT2D eigenvalue weighted by molar-refractivity contribution is -0.113. The molecule has 1 heterocycles. The average molecular weight is 351 g/mol. The zero-order valence-corrected chi connectivity index (χ0v) is 13.7. The number of anilines is 2. The first-order valence-electron chi connectivity index (χ1n) is 6.41. The van der Waals surface area contributed by atoms with Crippen molar-refractivity contribution in [1.82, 2.24) is 0 Å². The van der Waals surface area contributed by atoms with Gasteiger partial charge in [-0.15, -0.1) is 0 Å². The Morgan fingerprint density at radius 2 is 2.24 bits per heavy atom. The molecule has 3 atom stereocenters. The lowest BCUT2D eigenvalue weighted by Crippen LogP contribution is -2.30. The van der Waals surface area contributed by atoms with E-state index in [1.54, 1.807) is 0 Å². The minimum atomic E-state index is -1.29. The van der Waals surface area contributed by atoms with Crippen molar-refractivity contribution in [2.45, 2.75) is 24.7 Å². The van der Waals surface area contributed by atoms with Crippen LogP contribution in [0.5, 0.6) is 0 Å². The van der Waals surface area contributed by atoms with E-state index in [1.807, 2.05) is 6.92 Å². The number of carbonyl (C=O) groups is 1. The van der Waals surface area contributed by atoms with Gasteiger partial charge in [0.25, 0.3) is 0 Å². The van der Waals surface area contributed by atoms with Crippen LogP contribution >= 0.6 is 23.2 Å². The van der Waals surface area contributed by atoms with Crippen molar-refractivity contribution >= 4 is 51.3 Å². The second-order valence-corrected chi connectivity index (χ2v) is 7.33. The number of rotatable bonds is 4. The monoisotopic (exact) mass is 350 g/mol. The Morgan fingerprint density at radius 1 is 1.52 bits per heavy atom. The first-order valence-corrected chi connectivity index (χ1v) is 8.55. The molecule has 5 nitrogen and oxygen atoms in total. The minimum Gasteiger partial charge on any atom is -0.397 e. The minimum absolute atomic E-state index is 0.0946. The fraction of sp³-hybridized carbons (Fsp3) is 0.462. The summed E-state index contributed by atoms with van der Waals surface area (Å²) in [6.45, 7) is 2.44. The first kappa shape index (κ1) is 16.5. The van der Waals surface area contributed by atoms with Crippen LogP contribution in [0.4, 0.5) is 11.4 Å². The zero-order chi connectivity index (χ0) is 15.6. The molecule has 3 unspecified atom stereocenters. The van der Waals surface area contributed by atoms with Crippen molar-refractivity contribution in [3.05, 3.63) is 22.2 Å². The lowest BCUT2D eigenvalue weighted by atomic mass is 10.2. The van der Waals surface area contributed by atoms with E-state index in [2.05, 4.69) is 5.32 Å². The first-order chi connectivity index (χ1) is 9.88. The van der Waals surface area contributed by atoms with Crippen molar-refractivity contribution in [3.8, 4) is 0 Å². The van der Waals surface area contributed by atoms with Gasteiger partial charge < -0.3 is 15.8 Å². The molecule has 8 heteroatoms. The van der Waals surface area contributed by atoms with Gasteiger partial charge in [-0.3, -0.25) is 9.00 Å². The van der Waals surface area contributed by atoms with E-state index in [9.17, 15) is 9.00 Å². The average Bonchev–Trinajstić information content (AvgIpc) is 2.80. The van der Waals surface area contributed by atoms with Crippen LogP contribution in [0, 0.1) is 0 Å². The van der Waals surface area contributed by atoms with Crippen LogP contribution in [0.25, 0.3) is 0 Å². The Labute approximate surface area is 135 Å². The van der Waals surface area contributed by atoms with Crippen LogP contribution in [0.2, 0.25) is 10.0 Å². The number of nitrogens with one attached hydrogen (secondary N) is 1. The third kappa shape index (κ3) is 4.10. The van der Waals surface area contributed by atoms with E-state index in [4.69, 9.17) is 33.7 Å². The molecule has 1 saturated heterocycles. The summed E-state index contributed by atoms with van der Waals surface area (Å²) in [5.41, 5.74) is 6.32. The van der Waals surface area contributed by atoms with Crippen molar-refractivity contribution in [2.75, 3.05) is 23.4 Å². The smallest absolute Gasteiger partial charge is 0.237 e. The normalized spacial score (nSPS) is 23.0. The highest BCUT2D eigenvalue weighted by Gasteiger charge is 2.30. The molecule has 0 aliphatic carbocycles. The van der Waals surface area contributed by atoms with Crippen LogP contribution < -0.4 is 11.1 Å². The Bertz CT molecular complexity index is 560. The fourth-order valence-corrected chi connectivity index (χ4v) is 4.16. The van der Waals surface area contributed by atoms with E-state index in [-0.39, 0.29) is 27.8 Å². The highest BCUT2D eigenvalue weighted by Crippen LogP contribution is 2.32. The van der Waals surface area contributed by atoms with Gasteiger partial charge in [-0.25, -0.2) is 0 Å². The molecule has 2 rings (SSSR count). The lowest BCUT2D eigenvalue weighted by Gasteiger charge is -2.14. The molecule has 0 aromatic heterocycles. The molecule has 0 bridgehead atoms. The van der Waals surface area contributed by atoms with Crippen LogP contribution in [0.3, 0.4) is 0 Å². The third-order valence-electron chi connectivity index (χ3n) is 3.27. The second-order valence-electron chi connectivity index (χ2n) is 4.83. The summed E-state index contributed by atoms with van der Waals surface area (Å²) in [5.74, 6) is -0.514. The summed E-state index contributed by atoms with van der Waals surface area (Å²) in [4.78, 5) is 12.0. The largest absolute Gasteiger partial charge is 0.397 e. The van der Waals surface area contributed by atoms with E-state index < -0.39 is 16.7 Å². The molecule has 1 aliphatic heterocycles. The standard InChI is InChI=1S/C13H16Cl2N2O3S/c1-7-11(2-3-20-7)21(19)6-12(18)17-13-9(15)4-8(14)5-10(13)16/h4-5,7,11H,2-3,6,16H2,1H3,(H,17,18). The van der Waals surface area contributed by atoms with Crippen LogP contribution in [0.15, 0.2) is 12.1 Å². The topological polar surface area (TPSA) is 81.4 Å². The number of benzene rings is 1. The van der Waals surface area contributed by atoms with Crippen LogP contribution in [-0.4, -0.2) is 33.8 Å². The highest BCUT2D eigenvalue weighted by molar-refractivity contribution is 7.86. The maximum atomic E-state index is 12.2. The Balaban J connectivity index is 2.01. The van der Waals surface area contributed by atoms with E-state index in [1.165, 1.54) is 12.1 Å². The molecule has 0 spiro atoms. The van der Waals surface area contributed by atoms with E-state index >= 15 is 0 Å². The predicted molar refractivity (Wildman–Crippen MR) is 86.3 cm³/mol. The number of halogens is 2. The molecule has 1 aromatic rings. The van der Waals surface area contributed by atoms with Gasteiger partial charge in [-0.1, -0.05) is 23.2 Å². The maximum Gasteiger partial charge on any atom is 0.237 e. The van der Waals surface area contributed by atoms with Gasteiger partial charge in [0.1, 0.15) is 5.75 Å². The van der Waals surface area contributed by atoms with Gasteiger partial charge in [-0.05, 0) is 25.5 Å². The van der Waals surface area contributed by atoms with E-state index in [0.29, 0.717) is 23.7 Å². The number of hydrogen-bond acceptors (Lipinski definition) is 4. The summed E-state index contributed by atoms with van der Waals surface area (Å²) in [6.07, 6.45) is 0.605. The van der Waals surface area contributed by atoms with Crippen LogP contribution in [0.1, 0.15) is 13.3 Å². The molecular weight excluding hydrogens is 335 g/mol. The van der Waals surface area contributed by atoms with Crippen molar-refractivity contribution in [1.29, 1.82) is 0 Å². The molecule has 3 N–H and O–H groups in total. The Hall–Kier alpha value is -0.820. The number of amides is 1. The summed E-state index contributed by atoms with van der Waals surface area (Å²) >= 11 is 11.8. The van der Waals surface area contributed by atoms with Gasteiger partial charge >= 0.3 is 0 Å². The molecule has 1 fully saturated rings. The summed E-state index contributed by atoms with van der Waals surface area (Å²) in [6, 6.07) is 2.98. The van der Waals surface area contributed by atoms with Crippen molar-refractivity contribution in [3.63, 3.8) is 0 Å². The molecule has 0 saturated carbocycles. The summed E-state index contributed by atoms with van der Waals surface area (Å²) < 4.78 is 17.5. The quantitative estimate of drug-likeness (QED) is 0.817. The highest BCUT2D eigenvalue weighted by atomic mass is 35.5. The fourth-order valence-electron chi connectivity index (χ4n) is 2.19. The third-order valence-corrected chi connectivity index (χ3v) is 5.62. The summed E-state index contributed by atoms with van der Waals surface area (Å²) in [7, 11) is -1.29. The predicted octanol–water partition coefficient (Wildman–Crippen LogP) is 2.44. The van der Waals surface area contributed by atoms with Gasteiger partial charge in [-0.2, -0.15) is 0 Å². The SMILES string of the molecule is CC1OCCC1S(=O)CC(=O)Nc1c(N)cc(Cl)cc1Cl. The molecular formula is C13H16Cl2N2O3S. The molecule has 21 heavy (non-hydrogen) atoms. The summed E-state index contributed by atoms with van der Waals surface area (Å²) in [5, 5.41) is 3.10. The maximum absolute atomic E-state index is 12.2. The van der Waals surface area contributed by atoms with Crippen molar-refractivity contribution in [2.24, 2.45) is 0 Å². The number of nitrogen functional groups attached to an aromatic ring is 1. The second kappa shape index (κ2) is 6.96. The van der Waals surface area contributed by atoms with Gasteiger partial charge in [0.05, 0.1) is 27.8 Å². The van der Waals surface area contributed by atoms with Gasteiger partial charge in [0.15, 0.2) is 0 Å². The Morgan fingerprint density at radius 3 is 2.81 bits per heavy atom. The van der Waals surface area contributed by atoms with Gasteiger partial charge in [0.2, 0.25) is 5.91 Å². The molecule has 1 aliphatic rings. The number of nitrogens with two attached hydrogens (primary N) is 1. The van der Waals surface area contributed by atoms with Crippen LogP contribution in [-0.2, 0) is 20.3 Å². The van der Waals surface area contributed by atoms with E-state index in [0.717, 1.165) is 0 Å². The molecule has 0 radical (unpaired) electrons. The zero-order valence-electron chi connectivity index (χ0n) is 11.4.